The van der Waals surface area contributed by atoms with E-state index in [9.17, 15) is 13.7 Å². The van der Waals surface area contributed by atoms with E-state index >= 15 is 0 Å². The van der Waals surface area contributed by atoms with Gasteiger partial charge in [0.2, 0.25) is 5.69 Å². The first kappa shape index (κ1) is 18.1. The fourth-order valence-electron chi connectivity index (χ4n) is 1.87. The molecule has 5 nitrogen and oxygen atoms in total. The van der Waals surface area contributed by atoms with E-state index in [4.69, 9.17) is 23.2 Å². The van der Waals surface area contributed by atoms with Gasteiger partial charge < -0.3 is 9.87 Å². The highest BCUT2D eigenvalue weighted by Crippen LogP contribution is 2.28. The van der Waals surface area contributed by atoms with Gasteiger partial charge in [0.25, 0.3) is 10.1 Å². The minimum Gasteiger partial charge on any atom is -0.606 e. The van der Waals surface area contributed by atoms with Crippen LogP contribution >= 0.6 is 34.7 Å². The number of hydrogen-bond acceptors (Lipinski definition) is 5. The van der Waals surface area contributed by atoms with Crippen molar-refractivity contribution in [3.05, 3.63) is 64.0 Å². The van der Waals surface area contributed by atoms with Gasteiger partial charge >= 0.3 is 0 Å². The first-order valence-corrected chi connectivity index (χ1v) is 9.39. The fraction of sp³-hybridized carbons (Fsp3) is 0. The number of carbonyl (C=O) groups is 1. The summed E-state index contributed by atoms with van der Waals surface area (Å²) in [5.41, 5.74) is 0.108. The molecule has 1 heterocycles. The van der Waals surface area contributed by atoms with Gasteiger partial charge in [-0.3, -0.25) is 4.79 Å². The van der Waals surface area contributed by atoms with Crippen LogP contribution in [0, 0.1) is 5.82 Å². The van der Waals surface area contributed by atoms with Gasteiger partial charge in [-0.2, -0.15) is 0 Å². The van der Waals surface area contributed by atoms with Crippen LogP contribution in [-0.2, 0) is 11.2 Å². The summed E-state index contributed by atoms with van der Waals surface area (Å²) in [6.45, 7) is 0. The van der Waals surface area contributed by atoms with Crippen LogP contribution in [0.3, 0.4) is 0 Å². The first-order chi connectivity index (χ1) is 12.0. The van der Waals surface area contributed by atoms with Crippen LogP contribution in [0.15, 0.2) is 51.6 Å². The lowest BCUT2D eigenvalue weighted by molar-refractivity contribution is 0.101. The van der Waals surface area contributed by atoms with Crippen LogP contribution in [-0.4, -0.2) is 20.0 Å². The zero-order valence-electron chi connectivity index (χ0n) is 12.2. The number of nitrogens with zero attached hydrogens (tertiary/aromatic N) is 2. The van der Waals surface area contributed by atoms with Gasteiger partial charge in [-0.05, 0) is 42.5 Å². The summed E-state index contributed by atoms with van der Waals surface area (Å²) in [7, 11) is 0. The molecule has 3 rings (SSSR count). The van der Waals surface area contributed by atoms with E-state index in [1.165, 1.54) is 12.1 Å². The molecule has 0 saturated carbocycles. The topological polar surface area (TPSA) is 77.9 Å². The van der Waals surface area contributed by atoms with E-state index in [-0.39, 0.29) is 20.6 Å². The van der Waals surface area contributed by atoms with Crippen molar-refractivity contribution in [1.29, 1.82) is 0 Å². The second-order valence-corrected chi connectivity index (χ2v) is 7.99. The first-order valence-electron chi connectivity index (χ1n) is 6.72. The van der Waals surface area contributed by atoms with Crippen LogP contribution in [0.25, 0.3) is 0 Å². The van der Waals surface area contributed by atoms with Crippen molar-refractivity contribution >= 4 is 57.5 Å². The summed E-state index contributed by atoms with van der Waals surface area (Å²) in [6.07, 6.45) is 0. The molecule has 0 aliphatic rings. The molecule has 0 bridgehead atoms. The van der Waals surface area contributed by atoms with Crippen molar-refractivity contribution in [2.24, 2.45) is 0 Å². The monoisotopic (exact) mass is 415 g/mol. The Morgan fingerprint density at radius 1 is 1.20 bits per heavy atom. The van der Waals surface area contributed by atoms with Gasteiger partial charge in [-0.1, -0.05) is 27.7 Å². The van der Waals surface area contributed by atoms with Crippen molar-refractivity contribution in [1.82, 2.24) is 9.59 Å². The molecule has 0 spiro atoms. The molecule has 128 valence electrons. The minimum absolute atomic E-state index is 0.0575. The zero-order valence-corrected chi connectivity index (χ0v) is 15.3. The Balaban J connectivity index is 1.83. The standard InChI is InChI=1S/C15H8Cl2FN3O2S2/c16-8-1-4-10(5-2-8)25(23)15-13(20-21-24-15)14(22)19-9-3-6-11(17)12(18)7-9/h1-7H,(H,19,22). The molecule has 2 aromatic carbocycles. The number of aromatic nitrogens is 2. The lowest BCUT2D eigenvalue weighted by Crippen LogP contribution is -2.16. The maximum atomic E-state index is 13.5. The molecule has 1 aromatic heterocycles. The van der Waals surface area contributed by atoms with Crippen LogP contribution in [0.4, 0.5) is 10.1 Å². The molecule has 1 N–H and O–H groups in total. The van der Waals surface area contributed by atoms with Crippen LogP contribution in [0.5, 0.6) is 0 Å². The van der Waals surface area contributed by atoms with Crippen molar-refractivity contribution in [2.75, 3.05) is 5.32 Å². The molecular formula is C15H8Cl2FN3O2S2. The van der Waals surface area contributed by atoms with Gasteiger partial charge in [-0.15, -0.1) is 5.10 Å². The van der Waals surface area contributed by atoms with Gasteiger partial charge in [0.15, 0.2) is 4.90 Å². The molecule has 3 aromatic rings. The minimum atomic E-state index is -1.64. The molecule has 0 saturated heterocycles. The third-order valence-corrected chi connectivity index (χ3v) is 6.04. The van der Waals surface area contributed by atoms with E-state index < -0.39 is 22.9 Å². The molecule has 1 atom stereocenters. The number of anilines is 1. The summed E-state index contributed by atoms with van der Waals surface area (Å²) in [5, 5.41) is 6.66. The summed E-state index contributed by atoms with van der Waals surface area (Å²) >= 11 is 10.6. The summed E-state index contributed by atoms with van der Waals surface area (Å²) < 4.78 is 30.0. The lowest BCUT2D eigenvalue weighted by atomic mass is 10.3. The Morgan fingerprint density at radius 3 is 2.60 bits per heavy atom. The smallest absolute Gasteiger partial charge is 0.282 e. The SMILES string of the molecule is O=C(Nc1ccc(Cl)c(F)c1)c1nnsc1[S+]([O-])c1ccc(Cl)cc1. The molecule has 0 aliphatic heterocycles. The highest BCUT2D eigenvalue weighted by atomic mass is 35.5. The van der Waals surface area contributed by atoms with Crippen LogP contribution in [0.2, 0.25) is 10.0 Å². The predicted octanol–water partition coefficient (Wildman–Crippen LogP) is 4.40. The third-order valence-electron chi connectivity index (χ3n) is 3.05. The molecule has 10 heteroatoms. The summed E-state index contributed by atoms with van der Waals surface area (Å²) in [4.78, 5) is 12.8. The number of carbonyl (C=O) groups excluding carboxylic acids is 1. The summed E-state index contributed by atoms with van der Waals surface area (Å²) in [5.74, 6) is -1.31. The van der Waals surface area contributed by atoms with E-state index in [0.717, 1.165) is 17.6 Å². The van der Waals surface area contributed by atoms with Gasteiger partial charge in [0.05, 0.1) is 5.02 Å². The van der Waals surface area contributed by atoms with Gasteiger partial charge in [0, 0.05) is 33.4 Å². The van der Waals surface area contributed by atoms with Crippen LogP contribution < -0.4 is 5.32 Å². The third kappa shape index (κ3) is 4.10. The maximum absolute atomic E-state index is 13.5. The number of benzene rings is 2. The normalized spacial score (nSPS) is 12.0. The Labute approximate surface area is 159 Å². The van der Waals surface area contributed by atoms with E-state index in [0.29, 0.717) is 9.92 Å². The lowest BCUT2D eigenvalue weighted by Gasteiger charge is -2.09. The molecule has 1 unspecified atom stereocenters. The molecular weight excluding hydrogens is 408 g/mol. The van der Waals surface area contributed by atoms with Crippen molar-refractivity contribution in [2.45, 2.75) is 9.10 Å². The maximum Gasteiger partial charge on any atom is 0.282 e. The molecule has 1 amide bonds. The molecule has 25 heavy (non-hydrogen) atoms. The number of rotatable bonds is 4. The molecule has 0 aliphatic carbocycles. The Morgan fingerprint density at radius 2 is 1.92 bits per heavy atom. The highest BCUT2D eigenvalue weighted by Gasteiger charge is 2.28. The van der Waals surface area contributed by atoms with E-state index in [2.05, 4.69) is 14.9 Å². The van der Waals surface area contributed by atoms with Crippen molar-refractivity contribution < 1.29 is 13.7 Å². The molecule has 0 radical (unpaired) electrons. The average Bonchev–Trinajstić information content (AvgIpc) is 3.08. The predicted molar refractivity (Wildman–Crippen MR) is 95.4 cm³/mol. The quantitative estimate of drug-likeness (QED) is 0.640. The van der Waals surface area contributed by atoms with Gasteiger partial charge in [0.1, 0.15) is 5.82 Å². The van der Waals surface area contributed by atoms with Crippen molar-refractivity contribution in [3.63, 3.8) is 0 Å². The zero-order chi connectivity index (χ0) is 18.0. The van der Waals surface area contributed by atoms with E-state index in [1.54, 1.807) is 24.3 Å². The number of amides is 1. The van der Waals surface area contributed by atoms with Crippen molar-refractivity contribution in [3.8, 4) is 0 Å². The molecule has 0 fully saturated rings. The average molecular weight is 416 g/mol. The summed E-state index contributed by atoms with van der Waals surface area (Å²) in [6, 6.07) is 10.2. The fourth-order valence-corrected chi connectivity index (χ4v) is 4.10. The Bertz CT molecular complexity index is 921. The number of hydrogen-bond donors (Lipinski definition) is 1. The van der Waals surface area contributed by atoms with Gasteiger partial charge in [-0.25, -0.2) is 4.39 Å². The highest BCUT2D eigenvalue weighted by molar-refractivity contribution is 7.93. The van der Waals surface area contributed by atoms with E-state index in [1.807, 2.05) is 0 Å². The van der Waals surface area contributed by atoms with Crippen LogP contribution in [0.1, 0.15) is 10.5 Å². The number of nitrogens with one attached hydrogen (secondary N) is 1. The number of halogens is 3. The second kappa shape index (κ2) is 7.67. The second-order valence-electron chi connectivity index (χ2n) is 4.71. The Kier molecular flexibility index (Phi) is 5.55. The largest absolute Gasteiger partial charge is 0.606 e. The Hall–Kier alpha value is -1.71.